The summed E-state index contributed by atoms with van der Waals surface area (Å²) in [6.45, 7) is 1.79. The van der Waals surface area contributed by atoms with Gasteiger partial charge in [-0.05, 0) is 44.0 Å². The Morgan fingerprint density at radius 3 is 2.46 bits per heavy atom. The molecule has 3 aromatic rings. The van der Waals surface area contributed by atoms with E-state index in [1.807, 2.05) is 0 Å². The van der Waals surface area contributed by atoms with Crippen LogP contribution in [0.5, 0.6) is 23.0 Å². The van der Waals surface area contributed by atoms with Gasteiger partial charge in [0.25, 0.3) is 0 Å². The zero-order chi connectivity index (χ0) is 24.8. The van der Waals surface area contributed by atoms with Crippen LogP contribution in [0.3, 0.4) is 0 Å². The number of ether oxygens (including phenoxy) is 3. The maximum atomic E-state index is 12.8. The molecule has 1 aliphatic carbocycles. The summed E-state index contributed by atoms with van der Waals surface area (Å²) in [6.07, 6.45) is 5.76. The predicted molar refractivity (Wildman–Crippen MR) is 122 cm³/mol. The van der Waals surface area contributed by atoms with Crippen LogP contribution in [0.15, 0.2) is 55.2 Å². The summed E-state index contributed by atoms with van der Waals surface area (Å²) in [5.74, 6) is 1.21. The fourth-order valence-corrected chi connectivity index (χ4v) is 3.26. The summed E-state index contributed by atoms with van der Waals surface area (Å²) in [4.78, 5) is 36.9. The number of rotatable bonds is 8. The van der Waals surface area contributed by atoms with Crippen LogP contribution in [-0.2, 0) is 4.79 Å². The van der Waals surface area contributed by atoms with Crippen molar-refractivity contribution in [1.29, 1.82) is 5.26 Å². The Labute approximate surface area is 201 Å². The maximum Gasteiger partial charge on any atom is 0.413 e. The number of hydrogen-bond acceptors (Lipinski definition) is 9. The summed E-state index contributed by atoms with van der Waals surface area (Å²) in [5, 5.41) is 14.8. The molecule has 11 nitrogen and oxygen atoms in total. The van der Waals surface area contributed by atoms with Gasteiger partial charge in [0.2, 0.25) is 5.91 Å². The van der Waals surface area contributed by atoms with Gasteiger partial charge in [-0.15, -0.1) is 0 Å². The van der Waals surface area contributed by atoms with E-state index < -0.39 is 17.7 Å². The highest BCUT2D eigenvalue weighted by molar-refractivity contribution is 5.93. The van der Waals surface area contributed by atoms with Crippen LogP contribution in [0, 0.1) is 11.3 Å². The molecule has 35 heavy (non-hydrogen) atoms. The maximum absolute atomic E-state index is 12.8. The SMILES string of the molecule is COc1ccc(Oc2ccc([C@@H](C)NC(=O)C3(NC(=O)Oc4cncnc4)CC3)nc2)c(C#N)c1. The van der Waals surface area contributed by atoms with Gasteiger partial charge < -0.3 is 24.8 Å². The minimum atomic E-state index is -1.02. The topological polar surface area (TPSA) is 148 Å². The Hall–Kier alpha value is -4.72. The third kappa shape index (κ3) is 5.62. The molecule has 4 rings (SSSR count). The standard InChI is InChI=1S/C24H22N6O5/c1-15(29-22(31)24(7-8-24)30-23(32)35-19-11-26-14-27-12-19)20-5-3-18(13-28-20)34-21-6-4-17(33-2)9-16(21)10-25/h3-6,9,11-15H,7-8H2,1-2H3,(H,29,31)(H,30,32)/t15-/m1/s1. The van der Waals surface area contributed by atoms with Crippen molar-refractivity contribution >= 4 is 12.0 Å². The molecule has 0 unspecified atom stereocenters. The largest absolute Gasteiger partial charge is 0.497 e. The molecule has 2 N–H and O–H groups in total. The molecule has 1 aliphatic rings. The third-order valence-corrected chi connectivity index (χ3v) is 5.36. The number of nitriles is 1. The minimum Gasteiger partial charge on any atom is -0.497 e. The molecule has 11 heteroatoms. The molecule has 0 aliphatic heterocycles. The van der Waals surface area contributed by atoms with Gasteiger partial charge in [0, 0.05) is 6.07 Å². The number of amides is 2. The second-order valence-corrected chi connectivity index (χ2v) is 7.86. The Balaban J connectivity index is 1.34. The number of carbonyl (C=O) groups excluding carboxylic acids is 2. The third-order valence-electron chi connectivity index (χ3n) is 5.36. The van der Waals surface area contributed by atoms with Gasteiger partial charge >= 0.3 is 6.09 Å². The summed E-state index contributed by atoms with van der Waals surface area (Å²) in [5.41, 5.74) is -0.0955. The number of methoxy groups -OCH3 is 1. The van der Waals surface area contributed by atoms with E-state index in [9.17, 15) is 14.9 Å². The Kier molecular flexibility index (Phi) is 6.73. The predicted octanol–water partition coefficient (Wildman–Crippen LogP) is 3.04. The molecule has 2 amide bonds. The van der Waals surface area contributed by atoms with Crippen molar-refractivity contribution in [2.24, 2.45) is 0 Å². The Morgan fingerprint density at radius 2 is 1.83 bits per heavy atom. The van der Waals surface area contributed by atoms with Gasteiger partial charge in [0.15, 0.2) is 5.75 Å². The van der Waals surface area contributed by atoms with E-state index >= 15 is 0 Å². The van der Waals surface area contributed by atoms with E-state index in [-0.39, 0.29) is 11.7 Å². The van der Waals surface area contributed by atoms with Crippen molar-refractivity contribution in [3.05, 3.63) is 66.5 Å². The lowest BCUT2D eigenvalue weighted by molar-refractivity contribution is -0.124. The van der Waals surface area contributed by atoms with Crippen molar-refractivity contribution in [1.82, 2.24) is 25.6 Å². The first kappa shape index (κ1) is 23.4. The lowest BCUT2D eigenvalue weighted by atomic mass is 10.1. The lowest BCUT2D eigenvalue weighted by Crippen LogP contribution is -2.50. The van der Waals surface area contributed by atoms with Crippen LogP contribution in [-0.4, -0.2) is 39.6 Å². The number of nitrogens with one attached hydrogen (secondary N) is 2. The molecular formula is C24H22N6O5. The lowest BCUT2D eigenvalue weighted by Gasteiger charge is -2.20. The van der Waals surface area contributed by atoms with Crippen LogP contribution in [0.4, 0.5) is 4.79 Å². The number of benzene rings is 1. The second kappa shape index (κ2) is 10.0. The van der Waals surface area contributed by atoms with Gasteiger partial charge in [0.1, 0.15) is 35.2 Å². The first-order valence-electron chi connectivity index (χ1n) is 10.7. The molecule has 2 heterocycles. The summed E-state index contributed by atoms with van der Waals surface area (Å²) < 4.78 is 16.0. The van der Waals surface area contributed by atoms with Gasteiger partial charge in [-0.1, -0.05) is 0 Å². The highest BCUT2D eigenvalue weighted by atomic mass is 16.6. The van der Waals surface area contributed by atoms with Gasteiger partial charge in [0.05, 0.1) is 43.0 Å². The molecule has 0 spiro atoms. The Bertz CT molecular complexity index is 1260. The smallest absolute Gasteiger partial charge is 0.413 e. The highest BCUT2D eigenvalue weighted by Gasteiger charge is 2.52. The van der Waals surface area contributed by atoms with Gasteiger partial charge in [-0.3, -0.25) is 9.78 Å². The number of pyridine rings is 1. The normalized spacial score (nSPS) is 14.1. The molecule has 178 valence electrons. The van der Waals surface area contributed by atoms with E-state index in [4.69, 9.17) is 14.2 Å². The molecule has 0 bridgehead atoms. The number of nitrogens with zero attached hydrogens (tertiary/aromatic N) is 4. The van der Waals surface area contributed by atoms with Gasteiger partial charge in [-0.2, -0.15) is 5.26 Å². The van der Waals surface area contributed by atoms with Gasteiger partial charge in [-0.25, -0.2) is 14.8 Å². The van der Waals surface area contributed by atoms with Crippen LogP contribution >= 0.6 is 0 Å². The monoisotopic (exact) mass is 474 g/mol. The average molecular weight is 474 g/mol. The fraction of sp³-hybridized carbons (Fsp3) is 0.250. The zero-order valence-corrected chi connectivity index (χ0v) is 19.0. The first-order chi connectivity index (χ1) is 16.9. The van der Waals surface area contributed by atoms with E-state index in [1.54, 1.807) is 37.3 Å². The molecule has 1 aromatic carbocycles. The van der Waals surface area contributed by atoms with E-state index in [2.05, 4.69) is 31.7 Å². The molecule has 1 fully saturated rings. The zero-order valence-electron chi connectivity index (χ0n) is 19.0. The summed E-state index contributed by atoms with van der Waals surface area (Å²) in [6, 6.07) is 9.98. The van der Waals surface area contributed by atoms with E-state index in [0.29, 0.717) is 41.3 Å². The van der Waals surface area contributed by atoms with Crippen molar-refractivity contribution in [3.63, 3.8) is 0 Å². The minimum absolute atomic E-state index is 0.178. The van der Waals surface area contributed by atoms with Crippen molar-refractivity contribution in [3.8, 4) is 29.1 Å². The molecule has 0 saturated heterocycles. The molecular weight excluding hydrogens is 452 g/mol. The van der Waals surface area contributed by atoms with Crippen molar-refractivity contribution < 1.29 is 23.8 Å². The highest BCUT2D eigenvalue weighted by Crippen LogP contribution is 2.36. The quantitative estimate of drug-likeness (QED) is 0.502. The van der Waals surface area contributed by atoms with Crippen LogP contribution in [0.2, 0.25) is 0 Å². The molecule has 1 saturated carbocycles. The van der Waals surface area contributed by atoms with E-state index in [1.165, 1.54) is 32.0 Å². The van der Waals surface area contributed by atoms with E-state index in [0.717, 1.165) is 0 Å². The van der Waals surface area contributed by atoms with Crippen LogP contribution < -0.4 is 24.8 Å². The van der Waals surface area contributed by atoms with Crippen molar-refractivity contribution in [2.75, 3.05) is 7.11 Å². The summed E-state index contributed by atoms with van der Waals surface area (Å²) in [7, 11) is 1.52. The molecule has 0 radical (unpaired) electrons. The van der Waals surface area contributed by atoms with Crippen LogP contribution in [0.25, 0.3) is 0 Å². The van der Waals surface area contributed by atoms with Crippen LogP contribution in [0.1, 0.15) is 37.1 Å². The fourth-order valence-electron chi connectivity index (χ4n) is 3.26. The molecule has 2 aromatic heterocycles. The second-order valence-electron chi connectivity index (χ2n) is 7.86. The number of carbonyl (C=O) groups is 2. The number of hydrogen-bond donors (Lipinski definition) is 2. The summed E-state index contributed by atoms with van der Waals surface area (Å²) >= 11 is 0. The number of aromatic nitrogens is 3. The molecule has 1 atom stereocenters. The average Bonchev–Trinajstić information content (AvgIpc) is 3.65. The first-order valence-corrected chi connectivity index (χ1v) is 10.7. The van der Waals surface area contributed by atoms with Crippen molar-refractivity contribution in [2.45, 2.75) is 31.3 Å². The Morgan fingerprint density at radius 1 is 1.09 bits per heavy atom.